The Balaban J connectivity index is 1.64. The first-order valence-corrected chi connectivity index (χ1v) is 12.4. The molecule has 0 unspecified atom stereocenters. The summed E-state index contributed by atoms with van der Waals surface area (Å²) in [5.41, 5.74) is 1.47. The first-order valence-electron chi connectivity index (χ1n) is 12.4. The maximum Gasteiger partial charge on any atom is 0.246 e. The smallest absolute Gasteiger partial charge is 0.246 e. The largest absolute Gasteiger partial charge is 0.493 e. The molecule has 0 aliphatic carbocycles. The average Bonchev–Trinajstić information content (AvgIpc) is 3.23. The monoisotopic (exact) mass is 540 g/mol. The fourth-order valence-corrected chi connectivity index (χ4v) is 4.30. The summed E-state index contributed by atoms with van der Waals surface area (Å²) in [5.74, 6) is 2.73. The highest BCUT2D eigenvalue weighted by Gasteiger charge is 2.20. The van der Waals surface area contributed by atoms with Gasteiger partial charge in [-0.25, -0.2) is 0 Å². The lowest BCUT2D eigenvalue weighted by Crippen LogP contribution is -2.36. The van der Waals surface area contributed by atoms with Crippen molar-refractivity contribution in [2.24, 2.45) is 0 Å². The second kappa shape index (κ2) is 14.0. The quantitative estimate of drug-likeness (QED) is 0.423. The minimum atomic E-state index is -0.133. The molecule has 0 saturated carbocycles. The van der Waals surface area contributed by atoms with Gasteiger partial charge in [-0.1, -0.05) is 0 Å². The van der Waals surface area contributed by atoms with E-state index in [0.717, 1.165) is 11.1 Å². The van der Waals surface area contributed by atoms with Crippen LogP contribution in [0.1, 0.15) is 17.5 Å². The summed E-state index contributed by atoms with van der Waals surface area (Å²) < 4.78 is 32.2. The SMILES string of the molecule is COc1cc(/C=C/C(=O)N2CCCN(C(=O)/C=C/c3cc(OC)c(OC)c(OC)c3)CC2)cc(OC)c1OC. The highest BCUT2D eigenvalue weighted by atomic mass is 16.5. The van der Waals surface area contributed by atoms with Gasteiger partial charge in [-0.15, -0.1) is 0 Å². The van der Waals surface area contributed by atoms with Crippen molar-refractivity contribution in [1.82, 2.24) is 9.80 Å². The molecule has 0 bridgehead atoms. The highest BCUT2D eigenvalue weighted by Crippen LogP contribution is 2.39. The molecule has 1 aliphatic rings. The van der Waals surface area contributed by atoms with Crippen LogP contribution in [0.5, 0.6) is 34.5 Å². The van der Waals surface area contributed by atoms with Gasteiger partial charge in [0.15, 0.2) is 23.0 Å². The zero-order valence-electron chi connectivity index (χ0n) is 23.3. The molecular formula is C29H36N2O8. The molecule has 0 radical (unpaired) electrons. The van der Waals surface area contributed by atoms with Crippen molar-refractivity contribution < 1.29 is 38.0 Å². The second-order valence-corrected chi connectivity index (χ2v) is 8.59. The van der Waals surface area contributed by atoms with Gasteiger partial charge in [-0.05, 0) is 54.0 Å². The molecule has 1 heterocycles. The van der Waals surface area contributed by atoms with E-state index in [1.54, 1.807) is 74.7 Å². The summed E-state index contributed by atoms with van der Waals surface area (Å²) in [6, 6.07) is 7.09. The molecule has 0 atom stereocenters. The fourth-order valence-electron chi connectivity index (χ4n) is 4.30. The standard InChI is InChI=1S/C29H36N2O8/c1-34-22-16-20(17-23(35-2)28(22)38-5)8-10-26(32)30-12-7-13-31(15-14-30)27(33)11-9-21-18-24(36-3)29(39-6)25(19-21)37-4/h8-11,16-19H,7,12-15H2,1-6H3/b10-8+,11-9+. The minimum absolute atomic E-state index is 0.133. The van der Waals surface area contributed by atoms with Gasteiger partial charge in [0.1, 0.15) is 0 Å². The molecule has 39 heavy (non-hydrogen) atoms. The van der Waals surface area contributed by atoms with Crippen LogP contribution < -0.4 is 28.4 Å². The van der Waals surface area contributed by atoms with E-state index in [1.165, 1.54) is 26.4 Å². The van der Waals surface area contributed by atoms with Crippen LogP contribution in [-0.4, -0.2) is 90.5 Å². The maximum absolute atomic E-state index is 12.9. The second-order valence-electron chi connectivity index (χ2n) is 8.59. The molecule has 3 rings (SSSR count). The van der Waals surface area contributed by atoms with Crippen LogP contribution in [0.3, 0.4) is 0 Å². The summed E-state index contributed by atoms with van der Waals surface area (Å²) in [7, 11) is 9.24. The van der Waals surface area contributed by atoms with E-state index in [1.807, 2.05) is 0 Å². The molecule has 10 nitrogen and oxygen atoms in total. The van der Waals surface area contributed by atoms with Crippen LogP contribution >= 0.6 is 0 Å². The van der Waals surface area contributed by atoms with Crippen molar-refractivity contribution in [3.8, 4) is 34.5 Å². The Bertz CT molecular complexity index is 1080. The van der Waals surface area contributed by atoms with Crippen molar-refractivity contribution in [3.63, 3.8) is 0 Å². The normalized spacial score (nSPS) is 13.8. The van der Waals surface area contributed by atoms with Crippen LogP contribution in [0.25, 0.3) is 12.2 Å². The predicted molar refractivity (Wildman–Crippen MR) is 148 cm³/mol. The van der Waals surface area contributed by atoms with Gasteiger partial charge >= 0.3 is 0 Å². The Kier molecular flexibility index (Phi) is 10.5. The number of hydrogen-bond donors (Lipinski definition) is 0. The number of hydrogen-bond acceptors (Lipinski definition) is 8. The summed E-state index contributed by atoms with van der Waals surface area (Å²) in [4.78, 5) is 29.3. The minimum Gasteiger partial charge on any atom is -0.493 e. The first-order chi connectivity index (χ1) is 18.9. The molecule has 2 amide bonds. The lowest BCUT2D eigenvalue weighted by molar-refractivity contribution is -0.128. The Morgan fingerprint density at radius 1 is 0.564 bits per heavy atom. The molecule has 0 aromatic heterocycles. The van der Waals surface area contributed by atoms with E-state index >= 15 is 0 Å². The van der Waals surface area contributed by atoms with Crippen LogP contribution in [0.4, 0.5) is 0 Å². The third-order valence-electron chi connectivity index (χ3n) is 6.33. The van der Waals surface area contributed by atoms with Crippen molar-refractivity contribution >= 4 is 24.0 Å². The molecular weight excluding hydrogens is 504 g/mol. The maximum atomic E-state index is 12.9. The average molecular weight is 541 g/mol. The zero-order chi connectivity index (χ0) is 28.4. The zero-order valence-corrected chi connectivity index (χ0v) is 23.3. The fraction of sp³-hybridized carbons (Fsp3) is 0.379. The van der Waals surface area contributed by atoms with Gasteiger partial charge in [0.25, 0.3) is 0 Å². The van der Waals surface area contributed by atoms with Crippen LogP contribution in [-0.2, 0) is 9.59 Å². The molecule has 2 aromatic carbocycles. The van der Waals surface area contributed by atoms with Gasteiger partial charge < -0.3 is 38.2 Å². The Morgan fingerprint density at radius 3 is 1.18 bits per heavy atom. The molecule has 1 saturated heterocycles. The van der Waals surface area contributed by atoms with Gasteiger partial charge in [-0.2, -0.15) is 0 Å². The van der Waals surface area contributed by atoms with Gasteiger partial charge in [0.05, 0.1) is 42.7 Å². The van der Waals surface area contributed by atoms with Gasteiger partial charge in [0, 0.05) is 38.3 Å². The molecule has 1 fully saturated rings. The Morgan fingerprint density at radius 2 is 0.897 bits per heavy atom. The van der Waals surface area contributed by atoms with Gasteiger partial charge in [-0.3, -0.25) is 9.59 Å². The van der Waals surface area contributed by atoms with E-state index < -0.39 is 0 Å². The van der Waals surface area contributed by atoms with E-state index in [2.05, 4.69) is 0 Å². The first kappa shape index (κ1) is 29.2. The predicted octanol–water partition coefficient (Wildman–Crippen LogP) is 3.53. The number of amides is 2. The van der Waals surface area contributed by atoms with Crippen molar-refractivity contribution in [1.29, 1.82) is 0 Å². The van der Waals surface area contributed by atoms with Crippen LogP contribution in [0, 0.1) is 0 Å². The highest BCUT2D eigenvalue weighted by molar-refractivity contribution is 5.93. The third kappa shape index (κ3) is 7.16. The number of benzene rings is 2. The number of methoxy groups -OCH3 is 6. The topological polar surface area (TPSA) is 96.0 Å². The third-order valence-corrected chi connectivity index (χ3v) is 6.33. The number of carbonyl (C=O) groups excluding carboxylic acids is 2. The number of rotatable bonds is 10. The van der Waals surface area contributed by atoms with Crippen molar-refractivity contribution in [3.05, 3.63) is 47.5 Å². The molecule has 2 aromatic rings. The summed E-state index contributed by atoms with van der Waals surface area (Å²) in [6.45, 7) is 1.97. The summed E-state index contributed by atoms with van der Waals surface area (Å²) in [6.07, 6.45) is 7.13. The summed E-state index contributed by atoms with van der Waals surface area (Å²) >= 11 is 0. The van der Waals surface area contributed by atoms with E-state index in [9.17, 15) is 9.59 Å². The van der Waals surface area contributed by atoms with Crippen LogP contribution in [0.15, 0.2) is 36.4 Å². The molecule has 0 N–H and O–H groups in total. The lowest BCUT2D eigenvalue weighted by Gasteiger charge is -2.20. The summed E-state index contributed by atoms with van der Waals surface area (Å²) in [5, 5.41) is 0. The lowest BCUT2D eigenvalue weighted by atomic mass is 10.1. The van der Waals surface area contributed by atoms with E-state index in [-0.39, 0.29) is 11.8 Å². The molecule has 1 aliphatic heterocycles. The van der Waals surface area contributed by atoms with Crippen LogP contribution in [0.2, 0.25) is 0 Å². The molecule has 210 valence electrons. The van der Waals surface area contributed by atoms with Crippen molar-refractivity contribution in [2.75, 3.05) is 68.8 Å². The van der Waals surface area contributed by atoms with Gasteiger partial charge in [0.2, 0.25) is 23.3 Å². The number of nitrogens with zero attached hydrogens (tertiary/aromatic N) is 2. The molecule has 10 heteroatoms. The Hall–Kier alpha value is -4.34. The van der Waals surface area contributed by atoms with Crippen molar-refractivity contribution in [2.45, 2.75) is 6.42 Å². The molecule has 0 spiro atoms. The number of carbonyl (C=O) groups is 2. The number of ether oxygens (including phenoxy) is 6. The van der Waals surface area contributed by atoms with E-state index in [0.29, 0.717) is 67.1 Å². The van der Waals surface area contributed by atoms with E-state index in [4.69, 9.17) is 28.4 Å². The Labute approximate surface area is 229 Å².